The Morgan fingerprint density at radius 2 is 2.12 bits per heavy atom. The van der Waals surface area contributed by atoms with Crippen LogP contribution in [0.25, 0.3) is 0 Å². The van der Waals surface area contributed by atoms with E-state index in [9.17, 15) is 0 Å². The summed E-state index contributed by atoms with van der Waals surface area (Å²) in [6, 6.07) is 0. The summed E-state index contributed by atoms with van der Waals surface area (Å²) in [5.74, 6) is 0. The van der Waals surface area contributed by atoms with Crippen LogP contribution < -0.4 is 0 Å². The predicted octanol–water partition coefficient (Wildman–Crippen LogP) is 0.871. The Balaban J connectivity index is 0. The standard InChI is InChI=1S/C6H7.H2O.U/c1-2-4-6-5-3-1;;/h1-3H,4,6H2;1H2;/q-1;;. The van der Waals surface area contributed by atoms with Crippen molar-refractivity contribution in [2.24, 2.45) is 0 Å². The summed E-state index contributed by atoms with van der Waals surface area (Å²) < 4.78 is 0. The molecule has 0 spiro atoms. The van der Waals surface area contributed by atoms with E-state index in [-0.39, 0.29) is 36.6 Å². The quantitative estimate of drug-likeness (QED) is 0.589. The smallest absolute Gasteiger partial charge is 0 e. The Morgan fingerprint density at radius 3 is 2.25 bits per heavy atom. The molecule has 44 valence electrons. The molecule has 1 aliphatic carbocycles. The Labute approximate surface area is 73.5 Å². The van der Waals surface area contributed by atoms with Crippen LogP contribution in [0.2, 0.25) is 0 Å². The molecule has 0 amide bonds. The summed E-state index contributed by atoms with van der Waals surface area (Å²) in [7, 11) is 0. The summed E-state index contributed by atoms with van der Waals surface area (Å²) in [5, 5.41) is 0. The van der Waals surface area contributed by atoms with Crippen LogP contribution >= 0.6 is 0 Å². The van der Waals surface area contributed by atoms with Crippen LogP contribution in [0, 0.1) is 37.2 Å². The molecule has 0 bridgehead atoms. The van der Waals surface area contributed by atoms with Gasteiger partial charge in [-0.25, -0.2) is 12.2 Å². The van der Waals surface area contributed by atoms with Gasteiger partial charge in [-0.3, -0.25) is 6.08 Å². The van der Waals surface area contributed by atoms with Gasteiger partial charge in [-0.05, 0) is 0 Å². The van der Waals surface area contributed by atoms with E-state index in [0.29, 0.717) is 0 Å². The van der Waals surface area contributed by atoms with Gasteiger partial charge in [0.25, 0.3) is 0 Å². The van der Waals surface area contributed by atoms with E-state index in [1.54, 1.807) is 0 Å². The maximum absolute atomic E-state index is 3.07. The third-order valence-corrected chi connectivity index (χ3v) is 0.806. The van der Waals surface area contributed by atoms with Gasteiger partial charge in [-0.15, -0.1) is 6.42 Å². The fourth-order valence-electron chi connectivity index (χ4n) is 0.482. The number of hydrogen-bond acceptors (Lipinski definition) is 0. The van der Waals surface area contributed by atoms with Crippen LogP contribution in [0.4, 0.5) is 0 Å². The van der Waals surface area contributed by atoms with Crippen LogP contribution in [-0.2, 0) is 0 Å². The first-order valence-electron chi connectivity index (χ1n) is 2.22. The summed E-state index contributed by atoms with van der Waals surface area (Å²) in [5.41, 5.74) is 0. The molecule has 0 unspecified atom stereocenters. The molecule has 8 heavy (non-hydrogen) atoms. The van der Waals surface area contributed by atoms with Crippen molar-refractivity contribution in [2.45, 2.75) is 12.8 Å². The fourth-order valence-corrected chi connectivity index (χ4v) is 0.482. The van der Waals surface area contributed by atoms with E-state index in [4.69, 9.17) is 0 Å². The Morgan fingerprint density at radius 1 is 1.38 bits per heavy atom. The number of allylic oxidation sites excluding steroid dienone is 4. The molecule has 0 fully saturated rings. The molecule has 1 aliphatic rings. The fraction of sp³-hybridized carbons (Fsp3) is 0.333. The molecule has 0 aromatic carbocycles. The second kappa shape index (κ2) is 7.49. The maximum Gasteiger partial charge on any atom is 0 e. The molecule has 1 nitrogen and oxygen atoms in total. The summed E-state index contributed by atoms with van der Waals surface area (Å²) in [4.78, 5) is 0. The van der Waals surface area contributed by atoms with Crippen LogP contribution in [0.5, 0.6) is 0 Å². The van der Waals surface area contributed by atoms with E-state index >= 15 is 0 Å². The van der Waals surface area contributed by atoms with Crippen molar-refractivity contribution in [3.05, 3.63) is 24.3 Å². The Kier molecular flexibility index (Phi) is 10.6. The minimum absolute atomic E-state index is 0. The molecule has 2 N–H and O–H groups in total. The predicted molar refractivity (Wildman–Crippen MR) is 29.8 cm³/mol. The van der Waals surface area contributed by atoms with Gasteiger partial charge in [0.05, 0.1) is 0 Å². The van der Waals surface area contributed by atoms with Crippen LogP contribution in [0.1, 0.15) is 12.8 Å². The number of rotatable bonds is 0. The van der Waals surface area contributed by atoms with E-state index in [0.717, 1.165) is 6.42 Å². The average molecular weight is 335 g/mol. The zero-order valence-electron chi connectivity index (χ0n) is 4.65. The minimum atomic E-state index is 0. The molecule has 0 saturated heterocycles. The molecule has 2 heteroatoms. The van der Waals surface area contributed by atoms with Crippen molar-refractivity contribution in [2.75, 3.05) is 0 Å². The SMILES string of the molecule is O.[C-]1=CC=CCC1.[U]. The van der Waals surface area contributed by atoms with Crippen molar-refractivity contribution in [3.8, 4) is 0 Å². The molecule has 0 atom stereocenters. The van der Waals surface area contributed by atoms with Crippen molar-refractivity contribution in [1.29, 1.82) is 0 Å². The molecule has 0 aromatic heterocycles. The van der Waals surface area contributed by atoms with Crippen molar-refractivity contribution >= 4 is 0 Å². The molecule has 0 aliphatic heterocycles. The average Bonchev–Trinajstić information content (AvgIpc) is 1.72. The summed E-state index contributed by atoms with van der Waals surface area (Å²) >= 11 is 0. The molecule has 0 saturated carbocycles. The van der Waals surface area contributed by atoms with Crippen LogP contribution in [-0.4, -0.2) is 5.48 Å². The summed E-state index contributed by atoms with van der Waals surface area (Å²) in [6.07, 6.45) is 11.5. The zero-order chi connectivity index (χ0) is 4.24. The molecule has 0 heterocycles. The minimum Gasteiger partial charge on any atom is -0.412 e. The maximum atomic E-state index is 3.07. The first-order valence-corrected chi connectivity index (χ1v) is 2.22. The van der Waals surface area contributed by atoms with Gasteiger partial charge in [0, 0.05) is 31.1 Å². The first kappa shape index (κ1) is 11.3. The second-order valence-corrected chi connectivity index (χ2v) is 1.34. The molecule has 0 radical (unpaired) electrons. The topological polar surface area (TPSA) is 31.5 Å². The van der Waals surface area contributed by atoms with Gasteiger partial charge in [0.15, 0.2) is 0 Å². The normalized spacial score (nSPS) is 14.0. The van der Waals surface area contributed by atoms with Crippen molar-refractivity contribution in [3.63, 3.8) is 0 Å². The van der Waals surface area contributed by atoms with Gasteiger partial charge in [-0.2, -0.15) is 6.08 Å². The van der Waals surface area contributed by atoms with Gasteiger partial charge < -0.3 is 5.48 Å². The van der Waals surface area contributed by atoms with E-state index < -0.39 is 0 Å². The molecular formula is C6H9OU-. The molecular weight excluding hydrogens is 326 g/mol. The largest absolute Gasteiger partial charge is 0.412 e. The van der Waals surface area contributed by atoms with Crippen LogP contribution in [0.3, 0.4) is 0 Å². The van der Waals surface area contributed by atoms with Crippen LogP contribution in [0.15, 0.2) is 18.2 Å². The second-order valence-electron chi connectivity index (χ2n) is 1.34. The van der Waals surface area contributed by atoms with Gasteiger partial charge in [0.1, 0.15) is 0 Å². The van der Waals surface area contributed by atoms with E-state index in [1.165, 1.54) is 6.42 Å². The van der Waals surface area contributed by atoms with Gasteiger partial charge in [-0.1, -0.05) is 6.42 Å². The zero-order valence-corrected chi connectivity index (χ0v) is 8.81. The van der Waals surface area contributed by atoms with E-state index in [1.807, 2.05) is 12.2 Å². The third kappa shape index (κ3) is 4.65. The van der Waals surface area contributed by atoms with E-state index in [2.05, 4.69) is 12.2 Å². The third-order valence-electron chi connectivity index (χ3n) is 0.806. The Hall–Kier alpha value is 0.492. The van der Waals surface area contributed by atoms with Crippen molar-refractivity contribution < 1.29 is 36.6 Å². The van der Waals surface area contributed by atoms with Crippen molar-refractivity contribution in [1.82, 2.24) is 0 Å². The Bertz CT molecular complexity index is 74.5. The van der Waals surface area contributed by atoms with Gasteiger partial charge in [0.2, 0.25) is 0 Å². The molecule has 1 rings (SSSR count). The monoisotopic (exact) mass is 335 g/mol. The molecule has 0 aromatic rings. The number of hydrogen-bond donors (Lipinski definition) is 0. The first-order chi connectivity index (χ1) is 3.00. The van der Waals surface area contributed by atoms with Gasteiger partial charge >= 0.3 is 0 Å². The summed E-state index contributed by atoms with van der Waals surface area (Å²) in [6.45, 7) is 0.